The van der Waals surface area contributed by atoms with Crippen LogP contribution >= 0.6 is 50.6 Å². The number of amides is 1. The van der Waals surface area contributed by atoms with E-state index in [2.05, 4.69) is 21.2 Å². The summed E-state index contributed by atoms with van der Waals surface area (Å²) in [6.07, 6.45) is 4.13. The van der Waals surface area contributed by atoms with Crippen molar-refractivity contribution in [2.24, 2.45) is 0 Å². The molecule has 5 nitrogen and oxygen atoms in total. The lowest BCUT2D eigenvalue weighted by Crippen LogP contribution is -2.23. The number of thioether (sulfide) groups is 1. The van der Waals surface area contributed by atoms with E-state index in [0.717, 1.165) is 40.5 Å². The van der Waals surface area contributed by atoms with Crippen molar-refractivity contribution >= 4 is 72.4 Å². The van der Waals surface area contributed by atoms with Gasteiger partial charge in [-0.05, 0) is 83.6 Å². The molecule has 1 aliphatic carbocycles. The van der Waals surface area contributed by atoms with E-state index in [0.29, 0.717) is 26.9 Å². The second kappa shape index (κ2) is 9.62. The van der Waals surface area contributed by atoms with Crippen molar-refractivity contribution in [3.63, 3.8) is 0 Å². The molecule has 0 unspecified atom stereocenters. The second-order valence-electron chi connectivity index (χ2n) is 7.72. The normalized spacial score (nSPS) is 13.2. The summed E-state index contributed by atoms with van der Waals surface area (Å²) in [5.41, 5.74) is 2.44. The molecule has 1 amide bonds. The van der Waals surface area contributed by atoms with Gasteiger partial charge in [0.05, 0.1) is 22.5 Å². The highest BCUT2D eigenvalue weighted by molar-refractivity contribution is 9.10. The summed E-state index contributed by atoms with van der Waals surface area (Å²) >= 11 is 12.4. The van der Waals surface area contributed by atoms with Crippen LogP contribution in [0.15, 0.2) is 63.0 Å². The molecule has 0 aliphatic heterocycles. The van der Waals surface area contributed by atoms with Crippen molar-refractivity contribution < 1.29 is 4.79 Å². The zero-order chi connectivity index (χ0) is 22.9. The third-order valence-corrected chi connectivity index (χ3v) is 8.59. The lowest BCUT2D eigenvalue weighted by molar-refractivity contribution is -0.113. The van der Waals surface area contributed by atoms with Crippen molar-refractivity contribution in [3.05, 3.63) is 78.8 Å². The number of fused-ring (bicyclic) bond motifs is 3. The van der Waals surface area contributed by atoms with Crippen molar-refractivity contribution in [1.82, 2.24) is 9.55 Å². The highest BCUT2D eigenvalue weighted by Gasteiger charge is 2.23. The summed E-state index contributed by atoms with van der Waals surface area (Å²) in [4.78, 5) is 33.3. The Balaban J connectivity index is 1.53. The van der Waals surface area contributed by atoms with Crippen LogP contribution in [0.25, 0.3) is 15.9 Å². The van der Waals surface area contributed by atoms with E-state index in [-0.39, 0.29) is 17.2 Å². The predicted octanol–water partition coefficient (Wildman–Crippen LogP) is 6.47. The smallest absolute Gasteiger partial charge is 0.267 e. The monoisotopic (exact) mass is 559 g/mol. The van der Waals surface area contributed by atoms with Crippen molar-refractivity contribution in [2.45, 2.75) is 30.8 Å². The maximum Gasteiger partial charge on any atom is 0.267 e. The van der Waals surface area contributed by atoms with Crippen molar-refractivity contribution in [3.8, 4) is 5.69 Å². The minimum Gasteiger partial charge on any atom is -0.324 e. The van der Waals surface area contributed by atoms with Crippen LogP contribution in [0.1, 0.15) is 23.3 Å². The molecule has 2 aromatic heterocycles. The van der Waals surface area contributed by atoms with Gasteiger partial charge in [-0.3, -0.25) is 14.2 Å². The summed E-state index contributed by atoms with van der Waals surface area (Å²) in [6, 6.07) is 14.6. The van der Waals surface area contributed by atoms with Gasteiger partial charge in [-0.2, -0.15) is 0 Å². The molecule has 0 bridgehead atoms. The first kappa shape index (κ1) is 22.7. The van der Waals surface area contributed by atoms with Crippen molar-refractivity contribution in [1.29, 1.82) is 0 Å². The third kappa shape index (κ3) is 4.62. The highest BCUT2D eigenvalue weighted by Crippen LogP contribution is 2.35. The molecular weight excluding hydrogens is 542 g/mol. The number of carbonyl (C=O) groups excluding carboxylic acids is 1. The van der Waals surface area contributed by atoms with Crippen LogP contribution in [0.5, 0.6) is 0 Å². The Hall–Kier alpha value is -2.13. The number of nitrogens with zero attached hydrogens (tertiary/aromatic N) is 2. The SMILES string of the molecule is O=C(CSc1nc2sc3c(c2c(=O)n1-c1ccc(Cl)cc1)CCCC3)Nc1ccccc1Br. The maximum absolute atomic E-state index is 13.7. The van der Waals surface area contributed by atoms with Crippen LogP contribution in [0.2, 0.25) is 5.02 Å². The topological polar surface area (TPSA) is 64.0 Å². The second-order valence-corrected chi connectivity index (χ2v) is 11.0. The van der Waals surface area contributed by atoms with Crippen LogP contribution in [-0.2, 0) is 17.6 Å². The number of hydrogen-bond acceptors (Lipinski definition) is 5. The van der Waals surface area contributed by atoms with Crippen LogP contribution in [0.4, 0.5) is 5.69 Å². The van der Waals surface area contributed by atoms with E-state index >= 15 is 0 Å². The van der Waals surface area contributed by atoms with Gasteiger partial charge in [0.15, 0.2) is 5.16 Å². The van der Waals surface area contributed by atoms with Gasteiger partial charge in [0, 0.05) is 14.4 Å². The quantitative estimate of drug-likeness (QED) is 0.224. The Morgan fingerprint density at radius 3 is 2.70 bits per heavy atom. The Labute approximate surface area is 212 Å². The molecule has 33 heavy (non-hydrogen) atoms. The van der Waals surface area contributed by atoms with E-state index in [1.54, 1.807) is 40.2 Å². The number of aromatic nitrogens is 2. The first-order valence-electron chi connectivity index (χ1n) is 10.5. The van der Waals surface area contributed by atoms with E-state index in [9.17, 15) is 9.59 Å². The molecule has 2 aromatic carbocycles. The lowest BCUT2D eigenvalue weighted by atomic mass is 9.97. The molecule has 0 fully saturated rings. The minimum absolute atomic E-state index is 0.0876. The molecule has 1 N–H and O–H groups in total. The van der Waals surface area contributed by atoms with Gasteiger partial charge < -0.3 is 5.32 Å². The summed E-state index contributed by atoms with van der Waals surface area (Å²) in [6.45, 7) is 0. The summed E-state index contributed by atoms with van der Waals surface area (Å²) in [5.74, 6) is -0.0489. The average molecular weight is 561 g/mol. The Morgan fingerprint density at radius 2 is 1.91 bits per heavy atom. The molecule has 5 rings (SSSR count). The molecule has 1 aliphatic rings. The average Bonchev–Trinajstić information content (AvgIpc) is 3.19. The largest absolute Gasteiger partial charge is 0.324 e. The Bertz CT molecular complexity index is 1420. The van der Waals surface area contributed by atoms with Gasteiger partial charge in [0.2, 0.25) is 5.91 Å². The van der Waals surface area contributed by atoms with Gasteiger partial charge in [-0.15, -0.1) is 11.3 Å². The van der Waals surface area contributed by atoms with Crippen LogP contribution in [0, 0.1) is 0 Å². The third-order valence-electron chi connectivity index (χ3n) is 5.52. The first-order chi connectivity index (χ1) is 16.0. The number of benzene rings is 2. The fourth-order valence-corrected chi connectivity index (χ4v) is 6.61. The zero-order valence-electron chi connectivity index (χ0n) is 17.4. The highest BCUT2D eigenvalue weighted by atomic mass is 79.9. The number of para-hydroxylation sites is 1. The lowest BCUT2D eigenvalue weighted by Gasteiger charge is -2.14. The molecule has 0 spiro atoms. The molecule has 2 heterocycles. The number of anilines is 1. The number of carbonyl (C=O) groups is 1. The predicted molar refractivity (Wildman–Crippen MR) is 140 cm³/mol. The fraction of sp³-hybridized carbons (Fsp3) is 0.208. The number of halogens is 2. The molecule has 0 saturated heterocycles. The van der Waals surface area contributed by atoms with E-state index in [1.807, 2.05) is 24.3 Å². The number of rotatable bonds is 5. The number of thiophene rings is 1. The fourth-order valence-electron chi connectivity index (χ4n) is 3.98. The molecule has 0 saturated carbocycles. The molecule has 0 radical (unpaired) electrons. The zero-order valence-corrected chi connectivity index (χ0v) is 21.4. The summed E-state index contributed by atoms with van der Waals surface area (Å²) in [5, 5.41) is 4.71. The van der Waals surface area contributed by atoms with Gasteiger partial charge in [0.25, 0.3) is 5.56 Å². The van der Waals surface area contributed by atoms with Gasteiger partial charge >= 0.3 is 0 Å². The van der Waals surface area contributed by atoms with E-state index in [4.69, 9.17) is 16.6 Å². The van der Waals surface area contributed by atoms with Crippen molar-refractivity contribution in [2.75, 3.05) is 11.1 Å². The standard InChI is InChI=1S/C24H19BrClN3O2S2/c25-17-6-2-3-7-18(17)27-20(30)13-32-24-28-22-21(16-5-1-4-8-19(16)33-22)23(31)29(24)15-11-9-14(26)10-12-15/h2-3,6-7,9-12H,1,4-5,8,13H2,(H,27,30). The molecular formula is C24H19BrClN3O2S2. The Morgan fingerprint density at radius 1 is 1.15 bits per heavy atom. The summed E-state index contributed by atoms with van der Waals surface area (Å²) in [7, 11) is 0. The molecule has 9 heteroatoms. The number of aryl methyl sites for hydroxylation is 2. The van der Waals surface area contributed by atoms with Crippen LogP contribution in [0.3, 0.4) is 0 Å². The molecule has 168 valence electrons. The van der Waals surface area contributed by atoms with Gasteiger partial charge in [-0.25, -0.2) is 4.98 Å². The van der Waals surface area contributed by atoms with Crippen LogP contribution in [-0.4, -0.2) is 21.2 Å². The van der Waals surface area contributed by atoms with Gasteiger partial charge in [-0.1, -0.05) is 35.5 Å². The van der Waals surface area contributed by atoms with Crippen LogP contribution < -0.4 is 10.9 Å². The molecule has 4 aromatic rings. The summed E-state index contributed by atoms with van der Waals surface area (Å²) < 4.78 is 2.42. The minimum atomic E-state index is -0.172. The Kier molecular flexibility index (Phi) is 6.60. The van der Waals surface area contributed by atoms with Gasteiger partial charge in [0.1, 0.15) is 4.83 Å². The van der Waals surface area contributed by atoms with E-state index < -0.39 is 0 Å². The maximum atomic E-state index is 13.7. The molecule has 0 atom stereocenters. The number of nitrogens with one attached hydrogen (secondary N) is 1. The van der Waals surface area contributed by atoms with E-state index in [1.165, 1.54) is 16.6 Å². The first-order valence-corrected chi connectivity index (χ1v) is 13.5. The number of hydrogen-bond donors (Lipinski definition) is 1.